The molecule has 0 saturated carbocycles. The predicted molar refractivity (Wildman–Crippen MR) is 106 cm³/mol. The number of anilines is 2. The molecule has 0 unspecified atom stereocenters. The van der Waals surface area contributed by atoms with Gasteiger partial charge in [-0.15, -0.1) is 0 Å². The summed E-state index contributed by atoms with van der Waals surface area (Å²) in [6.45, 7) is 7.61. The molecule has 0 aromatic heterocycles. The third kappa shape index (κ3) is 4.10. The molecule has 138 valence electrons. The Morgan fingerprint density at radius 2 is 1.69 bits per heavy atom. The van der Waals surface area contributed by atoms with Gasteiger partial charge < -0.3 is 19.9 Å². The Kier molecular flexibility index (Phi) is 5.66. The van der Waals surface area contributed by atoms with Crippen molar-refractivity contribution in [1.82, 2.24) is 4.90 Å². The summed E-state index contributed by atoms with van der Waals surface area (Å²) in [6.07, 6.45) is 0. The van der Waals surface area contributed by atoms with Gasteiger partial charge in [-0.05, 0) is 37.1 Å². The molecule has 1 aliphatic rings. The van der Waals surface area contributed by atoms with Crippen LogP contribution in [0.1, 0.15) is 11.1 Å². The molecule has 0 bridgehead atoms. The van der Waals surface area contributed by atoms with E-state index in [9.17, 15) is 4.79 Å². The molecule has 0 spiro atoms. The smallest absolute Gasteiger partial charge is 0.241 e. The topological polar surface area (TPSA) is 44.8 Å². The van der Waals surface area contributed by atoms with Crippen LogP contribution in [0.15, 0.2) is 42.5 Å². The van der Waals surface area contributed by atoms with E-state index in [2.05, 4.69) is 42.3 Å². The van der Waals surface area contributed by atoms with Crippen LogP contribution in [0, 0.1) is 13.8 Å². The van der Waals surface area contributed by atoms with Gasteiger partial charge in [0.25, 0.3) is 0 Å². The van der Waals surface area contributed by atoms with Crippen LogP contribution < -0.4 is 15.0 Å². The number of aryl methyl sites for hydroxylation is 2. The number of carbonyl (C=O) groups excluding carboxylic acids is 1. The Morgan fingerprint density at radius 1 is 1.04 bits per heavy atom. The highest BCUT2D eigenvalue weighted by Crippen LogP contribution is 2.22. The van der Waals surface area contributed by atoms with Crippen molar-refractivity contribution in [2.24, 2.45) is 0 Å². The van der Waals surface area contributed by atoms with Crippen molar-refractivity contribution in [3.8, 4) is 5.75 Å². The third-order valence-corrected chi connectivity index (χ3v) is 4.95. The number of ether oxygens (including phenoxy) is 1. The quantitative estimate of drug-likeness (QED) is 0.897. The molecular weight excluding hydrogens is 326 g/mol. The number of rotatable bonds is 5. The largest absolute Gasteiger partial charge is 0.497 e. The van der Waals surface area contributed by atoms with Gasteiger partial charge in [-0.25, -0.2) is 0 Å². The number of nitrogens with zero attached hydrogens (tertiary/aromatic N) is 2. The standard InChI is InChI=1S/C21H27N3O2/c1-16-6-4-7-17(2)21(16)22-15-20(25)24-12-10-23(11-13-24)18-8-5-9-19(14-18)26-3/h4-9,14,22H,10-13,15H2,1-3H3. The molecule has 3 rings (SSSR count). The molecule has 0 radical (unpaired) electrons. The number of benzene rings is 2. The summed E-state index contributed by atoms with van der Waals surface area (Å²) in [5.74, 6) is 1.01. The Balaban J connectivity index is 1.53. The molecule has 1 amide bonds. The van der Waals surface area contributed by atoms with Crippen LogP contribution >= 0.6 is 0 Å². The van der Waals surface area contributed by atoms with Crippen LogP contribution in [-0.2, 0) is 4.79 Å². The molecule has 0 aliphatic carbocycles. The number of nitrogens with one attached hydrogen (secondary N) is 1. The van der Waals surface area contributed by atoms with Gasteiger partial charge >= 0.3 is 0 Å². The summed E-state index contributed by atoms with van der Waals surface area (Å²) in [5, 5.41) is 3.31. The summed E-state index contributed by atoms with van der Waals surface area (Å²) in [7, 11) is 1.68. The lowest BCUT2D eigenvalue weighted by Gasteiger charge is -2.36. The van der Waals surface area contributed by atoms with E-state index in [0.29, 0.717) is 6.54 Å². The zero-order chi connectivity index (χ0) is 18.5. The van der Waals surface area contributed by atoms with Crippen molar-refractivity contribution in [3.05, 3.63) is 53.6 Å². The zero-order valence-corrected chi connectivity index (χ0v) is 15.8. The first-order valence-corrected chi connectivity index (χ1v) is 9.05. The van der Waals surface area contributed by atoms with E-state index in [1.54, 1.807) is 7.11 Å². The summed E-state index contributed by atoms with van der Waals surface area (Å²) in [6, 6.07) is 14.2. The second-order valence-corrected chi connectivity index (χ2v) is 6.69. The SMILES string of the molecule is COc1cccc(N2CCN(C(=O)CNc3c(C)cccc3C)CC2)c1. The maximum absolute atomic E-state index is 12.6. The van der Waals surface area contributed by atoms with Crippen LogP contribution in [0.3, 0.4) is 0 Å². The fraction of sp³-hybridized carbons (Fsp3) is 0.381. The molecular formula is C21H27N3O2. The normalized spacial score (nSPS) is 14.3. The molecule has 0 atom stereocenters. The van der Waals surface area contributed by atoms with Crippen molar-refractivity contribution >= 4 is 17.3 Å². The molecule has 26 heavy (non-hydrogen) atoms. The monoisotopic (exact) mass is 353 g/mol. The number of amides is 1. The highest BCUT2D eigenvalue weighted by molar-refractivity contribution is 5.81. The molecule has 5 nitrogen and oxygen atoms in total. The molecule has 2 aromatic rings. The average Bonchev–Trinajstić information content (AvgIpc) is 2.67. The number of piperazine rings is 1. The summed E-state index contributed by atoms with van der Waals surface area (Å²) < 4.78 is 5.30. The van der Waals surface area contributed by atoms with Gasteiger partial charge in [0.1, 0.15) is 5.75 Å². The average molecular weight is 353 g/mol. The van der Waals surface area contributed by atoms with E-state index in [1.165, 1.54) is 11.1 Å². The highest BCUT2D eigenvalue weighted by Gasteiger charge is 2.21. The number of carbonyl (C=O) groups is 1. The summed E-state index contributed by atoms with van der Waals surface area (Å²) in [5.41, 5.74) is 4.54. The number of para-hydroxylation sites is 1. The fourth-order valence-corrected chi connectivity index (χ4v) is 3.39. The van der Waals surface area contributed by atoms with Gasteiger partial charge in [-0.3, -0.25) is 4.79 Å². The first kappa shape index (κ1) is 18.1. The second-order valence-electron chi connectivity index (χ2n) is 6.69. The van der Waals surface area contributed by atoms with Gasteiger partial charge in [0.2, 0.25) is 5.91 Å². The maximum atomic E-state index is 12.6. The molecule has 1 N–H and O–H groups in total. The molecule has 1 aliphatic heterocycles. The Labute approximate surface area is 155 Å². The van der Waals surface area contributed by atoms with E-state index in [4.69, 9.17) is 4.74 Å². The molecule has 1 fully saturated rings. The molecule has 1 heterocycles. The van der Waals surface area contributed by atoms with Gasteiger partial charge in [0.15, 0.2) is 0 Å². The Morgan fingerprint density at radius 3 is 2.35 bits per heavy atom. The van der Waals surface area contributed by atoms with Crippen LogP contribution in [0.2, 0.25) is 0 Å². The summed E-state index contributed by atoms with van der Waals surface area (Å²) in [4.78, 5) is 16.8. The van der Waals surface area contributed by atoms with Crippen molar-refractivity contribution in [2.45, 2.75) is 13.8 Å². The van der Waals surface area contributed by atoms with Crippen LogP contribution in [0.25, 0.3) is 0 Å². The minimum Gasteiger partial charge on any atom is -0.497 e. The lowest BCUT2D eigenvalue weighted by molar-refractivity contribution is -0.129. The molecule has 1 saturated heterocycles. The van der Waals surface area contributed by atoms with Crippen molar-refractivity contribution < 1.29 is 9.53 Å². The Bertz CT molecular complexity index is 747. The predicted octanol–water partition coefficient (Wildman–Crippen LogP) is 3.07. The van der Waals surface area contributed by atoms with Crippen molar-refractivity contribution in [3.63, 3.8) is 0 Å². The van der Waals surface area contributed by atoms with Gasteiger partial charge in [0.05, 0.1) is 13.7 Å². The van der Waals surface area contributed by atoms with E-state index in [-0.39, 0.29) is 5.91 Å². The van der Waals surface area contributed by atoms with Gasteiger partial charge in [-0.1, -0.05) is 24.3 Å². The minimum atomic E-state index is 0.151. The number of hydrogen-bond acceptors (Lipinski definition) is 4. The first-order chi connectivity index (χ1) is 12.6. The highest BCUT2D eigenvalue weighted by atomic mass is 16.5. The fourth-order valence-electron chi connectivity index (χ4n) is 3.39. The summed E-state index contributed by atoms with van der Waals surface area (Å²) >= 11 is 0. The number of methoxy groups -OCH3 is 1. The van der Waals surface area contributed by atoms with Gasteiger partial charge in [0, 0.05) is 43.6 Å². The van der Waals surface area contributed by atoms with Crippen LogP contribution in [0.5, 0.6) is 5.75 Å². The zero-order valence-electron chi connectivity index (χ0n) is 15.8. The van der Waals surface area contributed by atoms with E-state index in [0.717, 1.165) is 43.3 Å². The lowest BCUT2D eigenvalue weighted by Crippen LogP contribution is -2.50. The Hall–Kier alpha value is -2.69. The maximum Gasteiger partial charge on any atom is 0.241 e. The molecule has 5 heteroatoms. The van der Waals surface area contributed by atoms with E-state index >= 15 is 0 Å². The lowest BCUT2D eigenvalue weighted by atomic mass is 10.1. The minimum absolute atomic E-state index is 0.151. The molecule has 2 aromatic carbocycles. The number of hydrogen-bond donors (Lipinski definition) is 1. The van der Waals surface area contributed by atoms with Crippen LogP contribution in [0.4, 0.5) is 11.4 Å². The van der Waals surface area contributed by atoms with E-state index in [1.807, 2.05) is 29.2 Å². The van der Waals surface area contributed by atoms with Crippen molar-refractivity contribution in [2.75, 3.05) is 50.1 Å². The van der Waals surface area contributed by atoms with Gasteiger partial charge in [-0.2, -0.15) is 0 Å². The first-order valence-electron chi connectivity index (χ1n) is 9.05. The van der Waals surface area contributed by atoms with Crippen molar-refractivity contribution in [1.29, 1.82) is 0 Å². The second kappa shape index (κ2) is 8.13. The third-order valence-electron chi connectivity index (χ3n) is 4.95. The van der Waals surface area contributed by atoms with E-state index < -0.39 is 0 Å². The van der Waals surface area contributed by atoms with Crippen LogP contribution in [-0.4, -0.2) is 50.6 Å².